The molecule has 7 nitrogen and oxygen atoms in total. The molecule has 0 fully saturated rings. The minimum atomic E-state index is -3.35. The smallest absolute Gasteiger partial charge is 0.279 e. The van der Waals surface area contributed by atoms with Crippen molar-refractivity contribution in [2.45, 2.75) is 5.88 Å². The van der Waals surface area contributed by atoms with Gasteiger partial charge in [-0.1, -0.05) is 11.6 Å². The number of sulfone groups is 1. The topological polar surface area (TPSA) is 94.0 Å². The van der Waals surface area contributed by atoms with Crippen LogP contribution in [0, 0.1) is 5.82 Å². The van der Waals surface area contributed by atoms with Crippen molar-refractivity contribution < 1.29 is 17.6 Å². The van der Waals surface area contributed by atoms with Crippen LogP contribution >= 0.6 is 27.5 Å². The molecule has 0 saturated carbocycles. The lowest BCUT2D eigenvalue weighted by atomic mass is 10.3. The van der Waals surface area contributed by atoms with Crippen molar-refractivity contribution in [1.29, 1.82) is 0 Å². The van der Waals surface area contributed by atoms with Crippen molar-refractivity contribution in [3.8, 4) is 0 Å². The molecule has 1 aromatic heterocycles. The van der Waals surface area contributed by atoms with Gasteiger partial charge in [0.1, 0.15) is 5.82 Å². The van der Waals surface area contributed by atoms with Crippen LogP contribution in [0.15, 0.2) is 22.8 Å². The predicted molar refractivity (Wildman–Crippen MR) is 81.9 cm³/mol. The second-order valence-corrected chi connectivity index (χ2v) is 7.61. The number of carbonyl (C=O) groups excluding carboxylic acids is 1. The number of carbonyl (C=O) groups is 1. The highest BCUT2D eigenvalue weighted by Gasteiger charge is 2.19. The predicted octanol–water partition coefficient (Wildman–Crippen LogP) is 2.09. The minimum Gasteiger partial charge on any atom is -0.319 e. The van der Waals surface area contributed by atoms with Gasteiger partial charge in [-0.2, -0.15) is 4.80 Å². The maximum atomic E-state index is 12.9. The number of amides is 1. The first-order chi connectivity index (χ1) is 10.2. The third-order valence-electron chi connectivity index (χ3n) is 2.36. The lowest BCUT2D eigenvalue weighted by molar-refractivity contribution is 0.102. The maximum absolute atomic E-state index is 12.9. The van der Waals surface area contributed by atoms with Crippen LogP contribution in [0.25, 0.3) is 0 Å². The highest BCUT2D eigenvalue weighted by Crippen LogP contribution is 2.23. The summed E-state index contributed by atoms with van der Waals surface area (Å²) in [5, 5.41) is 10.0. The molecule has 0 atom stereocenters. The molecule has 2 aromatic rings. The first kappa shape index (κ1) is 16.8. The molecule has 0 saturated heterocycles. The molecule has 22 heavy (non-hydrogen) atoms. The molecule has 0 unspecified atom stereocenters. The molecule has 0 radical (unpaired) electrons. The average molecular weight is 412 g/mol. The largest absolute Gasteiger partial charge is 0.319 e. The summed E-state index contributed by atoms with van der Waals surface area (Å²) in [5.74, 6) is -1.67. The Morgan fingerprint density at radius 1 is 1.45 bits per heavy atom. The highest BCUT2D eigenvalue weighted by molar-refractivity contribution is 9.10. The normalized spacial score (nSPS) is 11.5. The van der Waals surface area contributed by atoms with E-state index in [0.717, 1.165) is 23.2 Å². The van der Waals surface area contributed by atoms with Crippen LogP contribution in [-0.2, 0) is 15.7 Å². The Balaban J connectivity index is 2.23. The summed E-state index contributed by atoms with van der Waals surface area (Å²) in [7, 11) is -3.35. The van der Waals surface area contributed by atoms with Crippen molar-refractivity contribution in [2.75, 3.05) is 11.6 Å². The van der Waals surface area contributed by atoms with Gasteiger partial charge in [0, 0.05) is 6.26 Å². The zero-order chi connectivity index (χ0) is 16.5. The third kappa shape index (κ3) is 4.24. The zero-order valence-corrected chi connectivity index (χ0v) is 14.2. The minimum absolute atomic E-state index is 0.0213. The lowest BCUT2D eigenvalue weighted by Gasteiger charge is -2.05. The second kappa shape index (κ2) is 6.31. The maximum Gasteiger partial charge on any atom is 0.279 e. The molecule has 1 aromatic carbocycles. The summed E-state index contributed by atoms with van der Waals surface area (Å²) in [6.45, 7) is 0. The SMILES string of the molecule is CS(=O)(=O)Cn1nc(Br)c(C(=O)Nc2ccc(F)cc2Cl)n1. The van der Waals surface area contributed by atoms with Crippen molar-refractivity contribution in [3.05, 3.63) is 39.3 Å². The first-order valence-corrected chi connectivity index (χ1v) is 8.93. The van der Waals surface area contributed by atoms with Crippen LogP contribution in [0.5, 0.6) is 0 Å². The van der Waals surface area contributed by atoms with E-state index >= 15 is 0 Å². The van der Waals surface area contributed by atoms with E-state index in [2.05, 4.69) is 31.4 Å². The summed E-state index contributed by atoms with van der Waals surface area (Å²) in [4.78, 5) is 13.0. The monoisotopic (exact) mass is 410 g/mol. The summed E-state index contributed by atoms with van der Waals surface area (Å²) < 4.78 is 35.4. The molecule has 1 N–H and O–H groups in total. The standard InChI is InChI=1S/C11H9BrClFN4O3S/c1-22(20,21)5-18-16-9(10(12)17-18)11(19)15-8-3-2-6(14)4-7(8)13/h2-4H,5H2,1H3,(H,15,19). The Labute approximate surface area is 138 Å². The molecular weight excluding hydrogens is 403 g/mol. The Bertz CT molecular complexity index is 840. The molecule has 0 spiro atoms. The Morgan fingerprint density at radius 2 is 2.14 bits per heavy atom. The number of anilines is 1. The fourth-order valence-electron chi connectivity index (χ4n) is 1.51. The van der Waals surface area contributed by atoms with Gasteiger partial charge in [0.15, 0.2) is 26.0 Å². The number of rotatable bonds is 4. The summed E-state index contributed by atoms with van der Waals surface area (Å²) in [5.41, 5.74) is 0.0710. The van der Waals surface area contributed by atoms with Crippen LogP contribution in [0.4, 0.5) is 10.1 Å². The van der Waals surface area contributed by atoms with E-state index in [1.165, 1.54) is 6.07 Å². The lowest BCUT2D eigenvalue weighted by Crippen LogP contribution is -2.15. The number of nitrogens with one attached hydrogen (secondary N) is 1. The second-order valence-electron chi connectivity index (χ2n) is 4.34. The molecule has 118 valence electrons. The Morgan fingerprint density at radius 3 is 2.73 bits per heavy atom. The Kier molecular flexibility index (Phi) is 4.83. The summed E-state index contributed by atoms with van der Waals surface area (Å²) in [6, 6.07) is 3.48. The van der Waals surface area contributed by atoms with Gasteiger partial charge < -0.3 is 5.32 Å². The van der Waals surface area contributed by atoms with Crippen molar-refractivity contribution in [2.24, 2.45) is 0 Å². The molecule has 1 amide bonds. The summed E-state index contributed by atoms with van der Waals surface area (Å²) >= 11 is 8.83. The van der Waals surface area contributed by atoms with Crippen molar-refractivity contribution in [3.63, 3.8) is 0 Å². The molecule has 0 aliphatic carbocycles. The summed E-state index contributed by atoms with van der Waals surface area (Å²) in [6.07, 6.45) is 1.02. The number of hydrogen-bond donors (Lipinski definition) is 1. The van der Waals surface area contributed by atoms with E-state index in [1.54, 1.807) is 0 Å². The van der Waals surface area contributed by atoms with E-state index in [0.29, 0.717) is 0 Å². The van der Waals surface area contributed by atoms with Crippen molar-refractivity contribution >= 4 is 49.0 Å². The number of aromatic nitrogens is 3. The van der Waals surface area contributed by atoms with E-state index < -0.39 is 27.4 Å². The van der Waals surface area contributed by atoms with Gasteiger partial charge in [0.2, 0.25) is 0 Å². The fourth-order valence-corrected chi connectivity index (χ4v) is 2.70. The van der Waals surface area contributed by atoms with Gasteiger partial charge in [-0.25, -0.2) is 12.8 Å². The van der Waals surface area contributed by atoms with Gasteiger partial charge in [0.05, 0.1) is 10.7 Å². The van der Waals surface area contributed by atoms with E-state index in [4.69, 9.17) is 11.6 Å². The zero-order valence-electron chi connectivity index (χ0n) is 11.0. The van der Waals surface area contributed by atoms with Crippen LogP contribution in [0.1, 0.15) is 10.5 Å². The molecule has 0 aliphatic heterocycles. The van der Waals surface area contributed by atoms with Gasteiger partial charge in [-0.05, 0) is 34.1 Å². The highest BCUT2D eigenvalue weighted by atomic mass is 79.9. The number of halogens is 3. The quantitative estimate of drug-likeness (QED) is 0.831. The van der Waals surface area contributed by atoms with E-state index in [-0.39, 0.29) is 21.0 Å². The van der Waals surface area contributed by atoms with Crippen molar-refractivity contribution in [1.82, 2.24) is 15.0 Å². The fraction of sp³-hybridized carbons (Fsp3) is 0.182. The number of nitrogens with zero attached hydrogens (tertiary/aromatic N) is 3. The van der Waals surface area contributed by atoms with Crippen LogP contribution in [0.2, 0.25) is 5.02 Å². The number of benzene rings is 1. The molecule has 0 bridgehead atoms. The van der Waals surface area contributed by atoms with Gasteiger partial charge >= 0.3 is 0 Å². The Hall–Kier alpha value is -1.52. The van der Waals surface area contributed by atoms with Gasteiger partial charge in [-0.15, -0.1) is 10.2 Å². The van der Waals surface area contributed by atoms with Crippen LogP contribution < -0.4 is 5.32 Å². The molecular formula is C11H9BrClFN4O3S. The molecule has 2 rings (SSSR count). The van der Waals surface area contributed by atoms with Gasteiger partial charge in [0.25, 0.3) is 5.91 Å². The molecule has 0 aliphatic rings. The van der Waals surface area contributed by atoms with Crippen LogP contribution in [0.3, 0.4) is 0 Å². The molecule has 1 heterocycles. The first-order valence-electron chi connectivity index (χ1n) is 5.70. The van der Waals surface area contributed by atoms with E-state index in [9.17, 15) is 17.6 Å². The van der Waals surface area contributed by atoms with E-state index in [1.807, 2.05) is 0 Å². The van der Waals surface area contributed by atoms with Gasteiger partial charge in [-0.3, -0.25) is 4.79 Å². The van der Waals surface area contributed by atoms with Crippen LogP contribution in [-0.4, -0.2) is 35.6 Å². The number of hydrogen-bond acceptors (Lipinski definition) is 5. The third-order valence-corrected chi connectivity index (χ3v) is 3.91. The molecule has 11 heteroatoms. The average Bonchev–Trinajstić information content (AvgIpc) is 2.71.